The first-order chi connectivity index (χ1) is 6.58. The van der Waals surface area contributed by atoms with Gasteiger partial charge in [0.25, 0.3) is 0 Å². The van der Waals surface area contributed by atoms with Crippen molar-refractivity contribution >= 4 is 28.4 Å². The molecule has 0 aromatic rings. The van der Waals surface area contributed by atoms with E-state index < -0.39 is 33.7 Å². The van der Waals surface area contributed by atoms with Crippen LogP contribution < -0.4 is 0 Å². The highest BCUT2D eigenvalue weighted by molar-refractivity contribution is 6.64. The molecule has 2 atom stereocenters. The van der Waals surface area contributed by atoms with Crippen molar-refractivity contribution in [3.05, 3.63) is 11.1 Å². The smallest absolute Gasteiger partial charge is 0.281 e. The molecule has 0 radical (unpaired) electrons. The van der Waals surface area contributed by atoms with E-state index >= 15 is 0 Å². The van der Waals surface area contributed by atoms with Gasteiger partial charge in [-0.15, -0.1) is 0 Å². The highest BCUT2D eigenvalue weighted by atomic mass is 35.5. The minimum absolute atomic E-state index is 0.531. The summed E-state index contributed by atoms with van der Waals surface area (Å²) < 4.78 is 36.3. The van der Waals surface area contributed by atoms with Gasteiger partial charge in [-0.1, -0.05) is 31.5 Å². The van der Waals surface area contributed by atoms with Crippen LogP contribution in [0.4, 0.5) is 13.2 Å². The standard InChI is InChI=1S/C9H9Cl2F3O/c1-8(2)4(6(8)7(11)15)3-5(10)9(12,13)14/h3-4,6H,1-2H3/t4-,6-/m1/s1. The van der Waals surface area contributed by atoms with Crippen LogP contribution in [-0.2, 0) is 4.79 Å². The molecule has 0 heterocycles. The molecule has 0 bridgehead atoms. The van der Waals surface area contributed by atoms with Crippen LogP contribution in [0.5, 0.6) is 0 Å². The Morgan fingerprint density at radius 3 is 2.07 bits per heavy atom. The fraction of sp³-hybridized carbons (Fsp3) is 0.667. The quantitative estimate of drug-likeness (QED) is 0.692. The Hall–Kier alpha value is -0.220. The van der Waals surface area contributed by atoms with Crippen molar-refractivity contribution in [3.8, 4) is 0 Å². The molecule has 0 N–H and O–H groups in total. The lowest BCUT2D eigenvalue weighted by Gasteiger charge is -2.04. The number of carbonyl (C=O) groups excluding carboxylic acids is 1. The summed E-state index contributed by atoms with van der Waals surface area (Å²) in [6, 6.07) is 0. The first-order valence-electron chi connectivity index (χ1n) is 4.22. The highest BCUT2D eigenvalue weighted by Crippen LogP contribution is 2.60. The first-order valence-corrected chi connectivity index (χ1v) is 4.98. The van der Waals surface area contributed by atoms with E-state index in [1.165, 1.54) is 0 Å². The molecule has 0 amide bonds. The summed E-state index contributed by atoms with van der Waals surface area (Å²) in [6.45, 7) is 3.36. The average molecular weight is 261 g/mol. The van der Waals surface area contributed by atoms with Gasteiger partial charge in [-0.05, 0) is 22.9 Å². The molecule has 0 spiro atoms. The Morgan fingerprint density at radius 2 is 1.80 bits per heavy atom. The van der Waals surface area contributed by atoms with Crippen molar-refractivity contribution in [2.45, 2.75) is 20.0 Å². The number of carbonyl (C=O) groups is 1. The molecule has 1 nitrogen and oxygen atoms in total. The zero-order valence-corrected chi connectivity index (χ0v) is 9.54. The van der Waals surface area contributed by atoms with Gasteiger partial charge in [0.15, 0.2) is 0 Å². The van der Waals surface area contributed by atoms with Crippen molar-refractivity contribution < 1.29 is 18.0 Å². The predicted molar refractivity (Wildman–Crippen MR) is 51.6 cm³/mol. The molecular weight excluding hydrogens is 252 g/mol. The molecule has 0 aliphatic heterocycles. The summed E-state index contributed by atoms with van der Waals surface area (Å²) in [4.78, 5) is 10.9. The van der Waals surface area contributed by atoms with E-state index in [1.807, 2.05) is 0 Å². The van der Waals surface area contributed by atoms with Crippen LogP contribution in [0.1, 0.15) is 13.8 Å². The molecular formula is C9H9Cl2F3O. The maximum Gasteiger partial charge on any atom is 0.426 e. The van der Waals surface area contributed by atoms with Gasteiger partial charge in [0, 0.05) is 5.92 Å². The zero-order valence-electron chi connectivity index (χ0n) is 8.03. The summed E-state index contributed by atoms with van der Waals surface area (Å²) in [5.41, 5.74) is -0.537. The summed E-state index contributed by atoms with van der Waals surface area (Å²) in [5.74, 6) is -1.10. The van der Waals surface area contributed by atoms with E-state index in [4.69, 9.17) is 23.2 Å². The third kappa shape index (κ3) is 2.48. The van der Waals surface area contributed by atoms with Crippen LogP contribution in [-0.4, -0.2) is 11.4 Å². The fourth-order valence-corrected chi connectivity index (χ4v) is 2.23. The molecule has 1 fully saturated rings. The Labute approximate surface area is 95.2 Å². The number of hydrogen-bond donors (Lipinski definition) is 0. The number of allylic oxidation sites excluding steroid dienone is 2. The number of alkyl halides is 3. The topological polar surface area (TPSA) is 17.1 Å². The molecule has 0 aromatic heterocycles. The molecule has 1 rings (SSSR count). The van der Waals surface area contributed by atoms with Gasteiger partial charge >= 0.3 is 6.18 Å². The summed E-state index contributed by atoms with van der Waals surface area (Å²) in [6.07, 6.45) is -3.69. The average Bonchev–Trinajstić information content (AvgIpc) is 2.50. The minimum atomic E-state index is -4.56. The summed E-state index contributed by atoms with van der Waals surface area (Å²) >= 11 is 10.3. The molecule has 0 saturated heterocycles. The second-order valence-electron chi connectivity index (χ2n) is 4.14. The van der Waals surface area contributed by atoms with E-state index in [0.29, 0.717) is 0 Å². The zero-order chi connectivity index (χ0) is 12.0. The monoisotopic (exact) mass is 260 g/mol. The van der Waals surface area contributed by atoms with Crippen molar-refractivity contribution in [3.63, 3.8) is 0 Å². The van der Waals surface area contributed by atoms with E-state index in [9.17, 15) is 18.0 Å². The van der Waals surface area contributed by atoms with Crippen molar-refractivity contribution in [2.24, 2.45) is 17.3 Å². The molecule has 1 aliphatic rings. The molecule has 1 aliphatic carbocycles. The molecule has 86 valence electrons. The lowest BCUT2D eigenvalue weighted by Crippen LogP contribution is -2.07. The minimum Gasteiger partial charge on any atom is -0.281 e. The van der Waals surface area contributed by atoms with Gasteiger partial charge in [0.2, 0.25) is 5.24 Å². The van der Waals surface area contributed by atoms with Gasteiger partial charge in [0.1, 0.15) is 5.03 Å². The lowest BCUT2D eigenvalue weighted by atomic mass is 10.1. The van der Waals surface area contributed by atoms with E-state index in [2.05, 4.69) is 0 Å². The van der Waals surface area contributed by atoms with Crippen LogP contribution in [0, 0.1) is 17.3 Å². The second kappa shape index (κ2) is 3.67. The number of halogens is 5. The van der Waals surface area contributed by atoms with Gasteiger partial charge in [-0.3, -0.25) is 4.79 Å². The molecule has 0 unspecified atom stereocenters. The fourth-order valence-electron chi connectivity index (χ4n) is 1.67. The molecule has 6 heteroatoms. The van der Waals surface area contributed by atoms with Gasteiger partial charge in [-0.25, -0.2) is 0 Å². The maximum absolute atomic E-state index is 12.1. The Morgan fingerprint density at radius 1 is 1.33 bits per heavy atom. The Bertz CT molecular complexity index is 320. The summed E-state index contributed by atoms with van der Waals surface area (Å²) in [5, 5.41) is -1.81. The summed E-state index contributed by atoms with van der Waals surface area (Å²) in [7, 11) is 0. The maximum atomic E-state index is 12.1. The van der Waals surface area contributed by atoms with Crippen LogP contribution >= 0.6 is 23.2 Å². The number of rotatable bonds is 2. The van der Waals surface area contributed by atoms with Gasteiger partial charge in [-0.2, -0.15) is 13.2 Å². The van der Waals surface area contributed by atoms with Crippen molar-refractivity contribution in [1.82, 2.24) is 0 Å². The molecule has 0 aromatic carbocycles. The number of hydrogen-bond acceptors (Lipinski definition) is 1. The van der Waals surface area contributed by atoms with Gasteiger partial charge in [0.05, 0.1) is 0 Å². The van der Waals surface area contributed by atoms with E-state index in [1.54, 1.807) is 13.8 Å². The van der Waals surface area contributed by atoms with Crippen molar-refractivity contribution in [2.75, 3.05) is 0 Å². The van der Waals surface area contributed by atoms with Crippen LogP contribution in [0.3, 0.4) is 0 Å². The Kier molecular flexibility index (Phi) is 3.14. The highest BCUT2D eigenvalue weighted by Gasteiger charge is 2.60. The Balaban J connectivity index is 2.83. The van der Waals surface area contributed by atoms with E-state index in [-0.39, 0.29) is 0 Å². The second-order valence-corrected chi connectivity index (χ2v) is 4.92. The third-order valence-corrected chi connectivity index (χ3v) is 3.33. The molecule has 15 heavy (non-hydrogen) atoms. The predicted octanol–water partition coefficient (Wildman–Crippen LogP) is 3.71. The van der Waals surface area contributed by atoms with Crippen LogP contribution in [0.15, 0.2) is 11.1 Å². The lowest BCUT2D eigenvalue weighted by molar-refractivity contribution is -0.113. The van der Waals surface area contributed by atoms with Crippen molar-refractivity contribution in [1.29, 1.82) is 0 Å². The van der Waals surface area contributed by atoms with Crippen LogP contribution in [0.25, 0.3) is 0 Å². The van der Waals surface area contributed by atoms with Crippen LogP contribution in [0.2, 0.25) is 0 Å². The first kappa shape index (κ1) is 12.8. The van der Waals surface area contributed by atoms with Gasteiger partial charge < -0.3 is 0 Å². The largest absolute Gasteiger partial charge is 0.426 e. The SMILES string of the molecule is CC1(C)[C@H](C=C(Cl)C(F)(F)F)[C@@H]1C(=O)Cl. The normalized spacial score (nSPS) is 30.2. The third-order valence-electron chi connectivity index (χ3n) is 2.75. The van der Waals surface area contributed by atoms with E-state index in [0.717, 1.165) is 6.08 Å². The molecule has 1 saturated carbocycles.